The maximum absolute atomic E-state index is 4.58. The molecule has 2 aliphatic carbocycles. The molecular formula is C58H38N10Pt2+4. The van der Waals surface area contributed by atoms with E-state index in [0.717, 1.165) is 78.9 Å². The number of aromatic nitrogens is 6. The molecule has 4 aromatic heterocycles. The van der Waals surface area contributed by atoms with Crippen LogP contribution in [0.25, 0.3) is 22.3 Å². The predicted octanol–water partition coefficient (Wildman–Crippen LogP) is 9.78. The Morgan fingerprint density at radius 2 is 0.829 bits per heavy atom. The summed E-state index contributed by atoms with van der Waals surface area (Å²) in [5.41, 5.74) is 17.9. The fourth-order valence-corrected chi connectivity index (χ4v) is 10.9. The van der Waals surface area contributed by atoms with Crippen LogP contribution >= 0.6 is 0 Å². The molecule has 0 N–H and O–H groups in total. The number of para-hydroxylation sites is 4. The van der Waals surface area contributed by atoms with Gasteiger partial charge in [-0.25, -0.2) is 0 Å². The van der Waals surface area contributed by atoms with Crippen molar-refractivity contribution >= 4 is 46.1 Å². The number of benzene rings is 6. The van der Waals surface area contributed by atoms with Gasteiger partial charge in [0, 0.05) is 60.4 Å². The Hall–Kier alpha value is -7.82. The number of pyridine rings is 2. The van der Waals surface area contributed by atoms with Crippen LogP contribution < -0.4 is 19.3 Å². The monoisotopic (exact) mass is 1260 g/mol. The fourth-order valence-electron chi connectivity index (χ4n) is 10.9. The molecule has 0 saturated heterocycles. The molecule has 0 spiro atoms. The quantitative estimate of drug-likeness (QED) is 0.122. The smallest absolute Gasteiger partial charge is 0.581 e. The summed E-state index contributed by atoms with van der Waals surface area (Å²) >= 11 is 0. The van der Waals surface area contributed by atoms with Gasteiger partial charge in [-0.3, -0.25) is 9.97 Å². The van der Waals surface area contributed by atoms with Crippen LogP contribution in [-0.2, 0) is 53.0 Å². The standard InChI is InChI=1S/2C29H19N5.2Pt/c2*1-33-19-34(27-12-5-4-11-26(27)33)21-8-6-7-20(17-21)29(28-14-16-31-32-28)24-10-3-2-9-22(24)23-13-15-30-18-25(23)29;;/h2*2-16,18H,1H3;;/q;;2*+2. The molecule has 14 rings (SSSR count). The van der Waals surface area contributed by atoms with Crippen LogP contribution in [0, 0.1) is 12.1 Å². The molecule has 0 bridgehead atoms. The van der Waals surface area contributed by atoms with Crippen LogP contribution in [-0.4, -0.2) is 55.4 Å². The van der Waals surface area contributed by atoms with Crippen molar-refractivity contribution in [2.75, 3.05) is 14.1 Å². The van der Waals surface area contributed by atoms with E-state index in [-0.39, 0.29) is 42.1 Å². The van der Waals surface area contributed by atoms with E-state index in [9.17, 15) is 0 Å². The Kier molecular flexibility index (Phi) is 11.2. The van der Waals surface area contributed by atoms with Crippen molar-refractivity contribution in [3.8, 4) is 22.3 Å². The number of nitrogens with zero attached hydrogens (tertiary/aromatic N) is 10. The average Bonchev–Trinajstić information content (AvgIpc) is 4.28. The summed E-state index contributed by atoms with van der Waals surface area (Å²) in [4.78, 5) is 9.04. The van der Waals surface area contributed by atoms with Crippen LogP contribution in [0.15, 0.2) is 195 Å². The second-order valence-corrected chi connectivity index (χ2v) is 17.1. The number of hydrogen-bond donors (Lipinski definition) is 0. The van der Waals surface area contributed by atoms with Gasteiger partial charge in [0.2, 0.25) is 0 Å². The minimum absolute atomic E-state index is 0. The van der Waals surface area contributed by atoms with E-state index < -0.39 is 10.8 Å². The van der Waals surface area contributed by atoms with E-state index >= 15 is 0 Å². The van der Waals surface area contributed by atoms with Gasteiger partial charge in [-0.1, -0.05) is 115 Å². The molecule has 12 heteroatoms. The van der Waals surface area contributed by atoms with Crippen molar-refractivity contribution in [3.63, 3.8) is 0 Å². The van der Waals surface area contributed by atoms with Crippen LogP contribution in [0.2, 0.25) is 0 Å². The summed E-state index contributed by atoms with van der Waals surface area (Å²) in [5.74, 6) is 0. The van der Waals surface area contributed by atoms with E-state index in [2.05, 4.69) is 185 Å². The SMILES string of the molecule is C[N+]1=C=[N+](c2[c-]c(C3(c4cc[n-]n4)c4ccccc4-c4ccncc43)ccc2)c2ccccc21.C[N+]1=C=[N+](c2[c-]c(C3(c4cc[n-]n4)c4ccccc4-c4ccncc43)ccc2)c2ccccc21.[Pt+2].[Pt+2]. The van der Waals surface area contributed by atoms with Crippen molar-refractivity contribution in [3.05, 3.63) is 252 Å². The molecule has 10 nitrogen and oxygen atoms in total. The van der Waals surface area contributed by atoms with Gasteiger partial charge in [-0.2, -0.15) is 36.7 Å². The number of fused-ring (bicyclic) bond motifs is 8. The fraction of sp³-hybridized carbons (Fsp3) is 0.0690. The largest absolute Gasteiger partial charge is 2.00 e. The molecule has 2 aliphatic heterocycles. The molecule has 0 fully saturated rings. The normalized spacial score (nSPS) is 17.1. The summed E-state index contributed by atoms with van der Waals surface area (Å²) in [5, 5.41) is 17.6. The third kappa shape index (κ3) is 6.49. The Balaban J connectivity index is 0.000000148. The Morgan fingerprint density at radius 1 is 0.429 bits per heavy atom. The zero-order chi connectivity index (χ0) is 45.4. The van der Waals surface area contributed by atoms with Gasteiger partial charge < -0.3 is 20.4 Å². The van der Waals surface area contributed by atoms with E-state index in [4.69, 9.17) is 0 Å². The van der Waals surface area contributed by atoms with Gasteiger partial charge in [0.25, 0.3) is 22.7 Å². The first-order chi connectivity index (χ1) is 33.6. The molecule has 0 saturated carbocycles. The maximum atomic E-state index is 4.58. The average molecular weight is 1270 g/mol. The topological polar surface area (TPSA) is 91.8 Å². The zero-order valence-corrected chi connectivity index (χ0v) is 42.1. The summed E-state index contributed by atoms with van der Waals surface area (Å²) in [6.07, 6.45) is 11.1. The second-order valence-electron chi connectivity index (χ2n) is 17.1. The molecule has 2 unspecified atom stereocenters. The van der Waals surface area contributed by atoms with Crippen LogP contribution in [0.3, 0.4) is 0 Å². The number of rotatable bonds is 6. The molecule has 6 heterocycles. The Bertz CT molecular complexity index is 3480. The van der Waals surface area contributed by atoms with Crippen LogP contribution in [0.5, 0.6) is 0 Å². The van der Waals surface area contributed by atoms with Crippen LogP contribution in [0.4, 0.5) is 34.1 Å². The molecule has 2 atom stereocenters. The molecule has 6 aromatic carbocycles. The minimum atomic E-state index is -0.655. The number of hydrogen-bond acceptors (Lipinski definition) is 4. The van der Waals surface area contributed by atoms with Gasteiger partial charge in [0.1, 0.15) is 11.4 Å². The summed E-state index contributed by atoms with van der Waals surface area (Å²) in [6.45, 7) is 0. The minimum Gasteiger partial charge on any atom is -0.581 e. The summed E-state index contributed by atoms with van der Waals surface area (Å²) in [6, 6.07) is 68.7. The van der Waals surface area contributed by atoms with E-state index in [0.29, 0.717) is 0 Å². The second kappa shape index (κ2) is 17.6. The molecule has 0 radical (unpaired) electrons. The molecule has 4 aliphatic rings. The van der Waals surface area contributed by atoms with E-state index in [1.807, 2.05) is 84.4 Å². The molecule has 10 aromatic rings. The Morgan fingerprint density at radius 3 is 1.26 bits per heavy atom. The van der Waals surface area contributed by atoms with Crippen molar-refractivity contribution < 1.29 is 51.3 Å². The van der Waals surface area contributed by atoms with Gasteiger partial charge in [0.15, 0.2) is 14.1 Å². The maximum Gasteiger partial charge on any atom is 2.00 e. The molecular weight excluding hydrogens is 1230 g/mol. The van der Waals surface area contributed by atoms with E-state index in [1.54, 1.807) is 12.4 Å². The Labute approximate surface area is 433 Å². The summed E-state index contributed by atoms with van der Waals surface area (Å²) in [7, 11) is 4.03. The summed E-state index contributed by atoms with van der Waals surface area (Å²) < 4.78 is 8.15. The van der Waals surface area contributed by atoms with Crippen molar-refractivity contribution in [2.45, 2.75) is 10.8 Å². The molecule has 336 valence electrons. The van der Waals surface area contributed by atoms with Gasteiger partial charge in [-0.05, 0) is 56.6 Å². The van der Waals surface area contributed by atoms with Gasteiger partial charge in [0.05, 0.1) is 10.8 Å². The van der Waals surface area contributed by atoms with E-state index in [1.165, 1.54) is 22.3 Å². The van der Waals surface area contributed by atoms with Gasteiger partial charge in [-0.15, -0.1) is 23.3 Å². The molecule has 70 heavy (non-hydrogen) atoms. The van der Waals surface area contributed by atoms with Gasteiger partial charge >= 0.3 is 54.1 Å². The van der Waals surface area contributed by atoms with Crippen molar-refractivity contribution in [2.24, 2.45) is 0 Å². The van der Waals surface area contributed by atoms with Crippen molar-refractivity contribution in [1.82, 2.24) is 39.5 Å². The van der Waals surface area contributed by atoms with Crippen molar-refractivity contribution in [1.29, 1.82) is 0 Å². The third-order valence-electron chi connectivity index (χ3n) is 13.7. The first-order valence-corrected chi connectivity index (χ1v) is 22.4. The zero-order valence-electron chi connectivity index (χ0n) is 37.6. The molecule has 0 amide bonds. The predicted molar refractivity (Wildman–Crippen MR) is 260 cm³/mol. The first-order valence-electron chi connectivity index (χ1n) is 22.4. The first kappa shape index (κ1) is 44.7. The third-order valence-corrected chi connectivity index (χ3v) is 13.7. The van der Waals surface area contributed by atoms with Crippen LogP contribution in [0.1, 0.15) is 44.8 Å².